The Bertz CT molecular complexity index is 918. The molecule has 0 saturated heterocycles. The number of para-hydroxylation sites is 1. The average Bonchev–Trinajstić information content (AvgIpc) is 2.96. The average molecular weight is 356 g/mol. The van der Waals surface area contributed by atoms with Crippen LogP contribution in [0.3, 0.4) is 0 Å². The van der Waals surface area contributed by atoms with E-state index in [-0.39, 0.29) is 11.6 Å². The number of nitro benzene ring substituents is 1. The van der Waals surface area contributed by atoms with Gasteiger partial charge in [-0.1, -0.05) is 18.2 Å². The van der Waals surface area contributed by atoms with Gasteiger partial charge in [-0.2, -0.15) is 0 Å². The second-order valence-corrected chi connectivity index (χ2v) is 6.58. The van der Waals surface area contributed by atoms with Gasteiger partial charge in [0.1, 0.15) is 5.58 Å². The van der Waals surface area contributed by atoms with Crippen LogP contribution in [0.2, 0.25) is 0 Å². The van der Waals surface area contributed by atoms with Crippen molar-refractivity contribution in [2.24, 2.45) is 0 Å². The minimum absolute atomic E-state index is 0.0676. The number of benzene rings is 2. The van der Waals surface area contributed by atoms with E-state index < -0.39 is 4.92 Å². The smallest absolute Gasteiger partial charge is 0.287 e. The molecule has 128 valence electrons. The molecule has 25 heavy (non-hydrogen) atoms. The summed E-state index contributed by atoms with van der Waals surface area (Å²) in [6.45, 7) is 2.34. The van der Waals surface area contributed by atoms with Crippen LogP contribution < -0.4 is 5.32 Å². The molecule has 0 unspecified atom stereocenters. The van der Waals surface area contributed by atoms with E-state index in [1.807, 2.05) is 31.2 Å². The number of hydrogen-bond acceptors (Lipinski definition) is 5. The zero-order valence-corrected chi connectivity index (χ0v) is 14.3. The monoisotopic (exact) mass is 356 g/mol. The molecule has 3 rings (SSSR count). The van der Waals surface area contributed by atoms with E-state index in [0.29, 0.717) is 23.6 Å². The number of hydrogen-bond donors (Lipinski definition) is 1. The maximum absolute atomic E-state index is 12.3. The molecule has 1 N–H and O–H groups in total. The lowest BCUT2D eigenvalue weighted by Gasteiger charge is -2.04. The van der Waals surface area contributed by atoms with Crippen molar-refractivity contribution in [2.45, 2.75) is 11.8 Å². The van der Waals surface area contributed by atoms with Crippen molar-refractivity contribution in [1.82, 2.24) is 5.32 Å². The summed E-state index contributed by atoms with van der Waals surface area (Å²) in [5.41, 5.74) is 1.60. The Morgan fingerprint density at radius 3 is 2.60 bits per heavy atom. The van der Waals surface area contributed by atoms with Gasteiger partial charge in [0.05, 0.1) is 4.92 Å². The number of nitro groups is 1. The van der Waals surface area contributed by atoms with Gasteiger partial charge in [-0.05, 0) is 25.1 Å². The third-order valence-electron chi connectivity index (χ3n) is 3.75. The third-order valence-corrected chi connectivity index (χ3v) is 4.77. The van der Waals surface area contributed by atoms with E-state index in [2.05, 4.69) is 5.32 Å². The zero-order valence-electron chi connectivity index (χ0n) is 13.5. The Balaban J connectivity index is 1.53. The molecule has 1 amide bonds. The number of rotatable bonds is 6. The summed E-state index contributed by atoms with van der Waals surface area (Å²) in [5, 5.41) is 14.4. The van der Waals surface area contributed by atoms with Crippen LogP contribution in [-0.2, 0) is 0 Å². The highest BCUT2D eigenvalue weighted by Gasteiger charge is 2.16. The van der Waals surface area contributed by atoms with E-state index in [1.165, 1.54) is 23.9 Å². The molecule has 0 fully saturated rings. The minimum atomic E-state index is -0.426. The number of furan rings is 1. The second-order valence-electron chi connectivity index (χ2n) is 5.41. The lowest BCUT2D eigenvalue weighted by Crippen LogP contribution is -2.25. The van der Waals surface area contributed by atoms with E-state index >= 15 is 0 Å². The number of thioether (sulfide) groups is 1. The van der Waals surface area contributed by atoms with Gasteiger partial charge in [0.15, 0.2) is 5.76 Å². The maximum atomic E-state index is 12.3. The van der Waals surface area contributed by atoms with Gasteiger partial charge in [-0.15, -0.1) is 11.8 Å². The number of amides is 1. The molecular formula is C18H16N2O4S. The van der Waals surface area contributed by atoms with Crippen LogP contribution in [-0.4, -0.2) is 23.1 Å². The highest BCUT2D eigenvalue weighted by Crippen LogP contribution is 2.25. The van der Waals surface area contributed by atoms with Crippen LogP contribution in [0.25, 0.3) is 11.0 Å². The zero-order chi connectivity index (χ0) is 17.8. The number of carbonyl (C=O) groups is 1. The quantitative estimate of drug-likeness (QED) is 0.310. The Kier molecular flexibility index (Phi) is 5.04. The normalized spacial score (nSPS) is 10.8. The molecular weight excluding hydrogens is 340 g/mol. The fourth-order valence-corrected chi connectivity index (χ4v) is 3.24. The van der Waals surface area contributed by atoms with E-state index in [4.69, 9.17) is 4.42 Å². The summed E-state index contributed by atoms with van der Waals surface area (Å²) in [4.78, 5) is 23.4. The third kappa shape index (κ3) is 3.83. The number of nitrogens with zero attached hydrogens (tertiary/aromatic N) is 1. The Hall–Kier alpha value is -2.80. The van der Waals surface area contributed by atoms with Crippen molar-refractivity contribution in [3.8, 4) is 0 Å². The molecule has 3 aromatic rings. The van der Waals surface area contributed by atoms with Crippen molar-refractivity contribution in [3.63, 3.8) is 0 Å². The lowest BCUT2D eigenvalue weighted by atomic mass is 10.1. The summed E-state index contributed by atoms with van der Waals surface area (Å²) >= 11 is 1.52. The number of carbonyl (C=O) groups excluding carboxylic acids is 1. The molecule has 0 aliphatic rings. The number of nitrogens with one attached hydrogen (secondary N) is 1. The molecule has 0 aliphatic carbocycles. The lowest BCUT2D eigenvalue weighted by molar-refractivity contribution is -0.384. The van der Waals surface area contributed by atoms with Gasteiger partial charge in [0.2, 0.25) is 0 Å². The fourth-order valence-electron chi connectivity index (χ4n) is 2.47. The summed E-state index contributed by atoms with van der Waals surface area (Å²) < 4.78 is 5.63. The molecule has 0 aliphatic heterocycles. The van der Waals surface area contributed by atoms with Crippen LogP contribution in [0.15, 0.2) is 57.8 Å². The molecule has 0 radical (unpaired) electrons. The minimum Gasteiger partial charge on any atom is -0.451 e. The fraction of sp³-hybridized carbons (Fsp3) is 0.167. The topological polar surface area (TPSA) is 85.4 Å². The first-order chi connectivity index (χ1) is 12.1. The Morgan fingerprint density at radius 2 is 1.92 bits per heavy atom. The predicted molar refractivity (Wildman–Crippen MR) is 97.1 cm³/mol. The Labute approximate surface area is 148 Å². The summed E-state index contributed by atoms with van der Waals surface area (Å²) in [5.74, 6) is 0.752. The van der Waals surface area contributed by atoms with Crippen molar-refractivity contribution in [1.29, 1.82) is 0 Å². The standard InChI is InChI=1S/C18H16N2O4S/c1-12-15-4-2-3-5-16(15)24-17(12)18(21)19-10-11-25-14-8-6-13(7-9-14)20(22)23/h2-9H,10-11H2,1H3,(H,19,21). The Morgan fingerprint density at radius 1 is 1.20 bits per heavy atom. The summed E-state index contributed by atoms with van der Waals surface area (Å²) in [6.07, 6.45) is 0. The van der Waals surface area contributed by atoms with Gasteiger partial charge in [-0.3, -0.25) is 14.9 Å². The van der Waals surface area contributed by atoms with Gasteiger partial charge < -0.3 is 9.73 Å². The van der Waals surface area contributed by atoms with Crippen LogP contribution >= 0.6 is 11.8 Å². The van der Waals surface area contributed by atoms with Crippen LogP contribution in [0, 0.1) is 17.0 Å². The SMILES string of the molecule is Cc1c(C(=O)NCCSc2ccc([N+](=O)[O-])cc2)oc2ccccc12. The largest absolute Gasteiger partial charge is 0.451 e. The molecule has 0 atom stereocenters. The molecule has 0 saturated carbocycles. The first kappa shape index (κ1) is 17.0. The van der Waals surface area contributed by atoms with Crippen molar-refractivity contribution >= 4 is 34.3 Å². The van der Waals surface area contributed by atoms with Gasteiger partial charge in [0.25, 0.3) is 11.6 Å². The highest BCUT2D eigenvalue weighted by atomic mass is 32.2. The van der Waals surface area contributed by atoms with E-state index in [0.717, 1.165) is 15.8 Å². The van der Waals surface area contributed by atoms with Gasteiger partial charge in [-0.25, -0.2) is 0 Å². The molecule has 7 heteroatoms. The number of fused-ring (bicyclic) bond motifs is 1. The van der Waals surface area contributed by atoms with Gasteiger partial charge >= 0.3 is 0 Å². The molecule has 1 heterocycles. The molecule has 0 bridgehead atoms. The first-order valence-electron chi connectivity index (χ1n) is 7.70. The van der Waals surface area contributed by atoms with Crippen LogP contribution in [0.1, 0.15) is 16.1 Å². The molecule has 2 aromatic carbocycles. The first-order valence-corrected chi connectivity index (χ1v) is 8.68. The van der Waals surface area contributed by atoms with Crippen molar-refractivity contribution in [3.05, 3.63) is 70.0 Å². The van der Waals surface area contributed by atoms with Gasteiger partial charge in [0, 0.05) is 40.3 Å². The van der Waals surface area contributed by atoms with E-state index in [9.17, 15) is 14.9 Å². The van der Waals surface area contributed by atoms with Crippen molar-refractivity contribution < 1.29 is 14.1 Å². The molecule has 1 aromatic heterocycles. The highest BCUT2D eigenvalue weighted by molar-refractivity contribution is 7.99. The maximum Gasteiger partial charge on any atom is 0.287 e. The summed E-state index contributed by atoms with van der Waals surface area (Å²) in [6, 6.07) is 13.9. The molecule has 0 spiro atoms. The van der Waals surface area contributed by atoms with Crippen LogP contribution in [0.4, 0.5) is 5.69 Å². The van der Waals surface area contributed by atoms with E-state index in [1.54, 1.807) is 12.1 Å². The predicted octanol–water partition coefficient (Wildman–Crippen LogP) is 4.17. The number of non-ortho nitro benzene ring substituents is 1. The molecule has 6 nitrogen and oxygen atoms in total. The number of aryl methyl sites for hydroxylation is 1. The van der Waals surface area contributed by atoms with Crippen molar-refractivity contribution in [2.75, 3.05) is 12.3 Å². The summed E-state index contributed by atoms with van der Waals surface area (Å²) in [7, 11) is 0. The second kappa shape index (κ2) is 7.40. The van der Waals surface area contributed by atoms with Crippen LogP contribution in [0.5, 0.6) is 0 Å².